The summed E-state index contributed by atoms with van der Waals surface area (Å²) in [6.07, 6.45) is -0.112. The van der Waals surface area contributed by atoms with Crippen LogP contribution in [0.15, 0.2) is 41.8 Å². The Morgan fingerprint density at radius 2 is 2.06 bits per heavy atom. The molecule has 4 rings (SSSR count). The minimum Gasteiger partial charge on any atom is -0.494 e. The maximum absolute atomic E-state index is 13.9. The van der Waals surface area contributed by atoms with Crippen LogP contribution in [0.3, 0.4) is 0 Å². The highest BCUT2D eigenvalue weighted by atomic mass is 32.1. The Kier molecular flexibility index (Phi) is 6.01. The molecule has 33 heavy (non-hydrogen) atoms. The molecule has 0 saturated carbocycles. The lowest BCUT2D eigenvalue weighted by Gasteiger charge is -2.16. The van der Waals surface area contributed by atoms with Gasteiger partial charge < -0.3 is 15.0 Å². The average molecular weight is 474 g/mol. The molecule has 12 heteroatoms. The van der Waals surface area contributed by atoms with Crippen molar-refractivity contribution in [2.24, 2.45) is 5.92 Å². The van der Waals surface area contributed by atoms with Crippen molar-refractivity contribution >= 4 is 39.7 Å². The predicted octanol–water partition coefficient (Wildman–Crippen LogP) is 4.00. The minimum atomic E-state index is -1.01. The highest BCUT2D eigenvalue weighted by molar-refractivity contribution is 7.14. The lowest BCUT2D eigenvalue weighted by Crippen LogP contribution is -2.28. The molecule has 0 aliphatic carbocycles. The number of nitrogens with zero attached hydrogens (tertiary/aromatic N) is 3. The van der Waals surface area contributed by atoms with Crippen LogP contribution in [-0.4, -0.2) is 35.4 Å². The first-order valence-corrected chi connectivity index (χ1v) is 10.5. The number of carbonyl (C=O) groups excluding carboxylic acids is 2. The summed E-state index contributed by atoms with van der Waals surface area (Å²) >= 11 is 1.14. The van der Waals surface area contributed by atoms with Gasteiger partial charge in [0.05, 0.1) is 29.3 Å². The summed E-state index contributed by atoms with van der Waals surface area (Å²) in [4.78, 5) is 40.7. The van der Waals surface area contributed by atoms with Gasteiger partial charge in [-0.05, 0) is 30.3 Å². The number of carbonyl (C=O) groups is 2. The molecule has 2 heterocycles. The zero-order valence-corrected chi connectivity index (χ0v) is 17.9. The molecule has 2 aromatic carbocycles. The molecule has 3 aromatic rings. The van der Waals surface area contributed by atoms with Gasteiger partial charge in [-0.25, -0.2) is 9.37 Å². The van der Waals surface area contributed by atoms with Gasteiger partial charge >= 0.3 is 5.69 Å². The third-order valence-corrected chi connectivity index (χ3v) is 5.87. The summed E-state index contributed by atoms with van der Waals surface area (Å²) in [6.45, 7) is -0.0185. The number of nitro groups is 1. The molecule has 9 nitrogen and oxygen atoms in total. The van der Waals surface area contributed by atoms with E-state index >= 15 is 0 Å². The largest absolute Gasteiger partial charge is 0.494 e. The Labute approximate surface area is 189 Å². The summed E-state index contributed by atoms with van der Waals surface area (Å²) in [5.41, 5.74) is 0.352. The Bertz CT molecular complexity index is 1270. The number of hydrogen-bond donors (Lipinski definition) is 1. The number of benzene rings is 2. The molecule has 2 amide bonds. The highest BCUT2D eigenvalue weighted by Gasteiger charge is 2.36. The molecular formula is C21H16F2N4O5S. The van der Waals surface area contributed by atoms with E-state index in [4.69, 9.17) is 4.74 Å². The van der Waals surface area contributed by atoms with E-state index < -0.39 is 40.0 Å². The lowest BCUT2D eigenvalue weighted by atomic mass is 10.1. The number of amides is 2. The average Bonchev–Trinajstić information content (AvgIpc) is 3.40. The first-order chi connectivity index (χ1) is 15.8. The topological polar surface area (TPSA) is 115 Å². The van der Waals surface area contributed by atoms with Crippen LogP contribution >= 0.6 is 11.3 Å². The summed E-state index contributed by atoms with van der Waals surface area (Å²) in [5, 5.41) is 15.5. The van der Waals surface area contributed by atoms with E-state index in [2.05, 4.69) is 10.3 Å². The van der Waals surface area contributed by atoms with Gasteiger partial charge in [0.15, 0.2) is 16.7 Å². The molecule has 1 unspecified atom stereocenters. The van der Waals surface area contributed by atoms with Crippen LogP contribution in [0, 0.1) is 27.7 Å². The van der Waals surface area contributed by atoms with Crippen molar-refractivity contribution in [3.63, 3.8) is 0 Å². The third-order valence-electron chi connectivity index (χ3n) is 5.12. The van der Waals surface area contributed by atoms with Crippen molar-refractivity contribution in [2.45, 2.75) is 6.42 Å². The highest BCUT2D eigenvalue weighted by Crippen LogP contribution is 2.31. The van der Waals surface area contributed by atoms with Gasteiger partial charge in [-0.3, -0.25) is 19.7 Å². The Morgan fingerprint density at radius 1 is 1.27 bits per heavy atom. The van der Waals surface area contributed by atoms with Gasteiger partial charge in [-0.15, -0.1) is 11.3 Å². The molecule has 1 aliphatic rings. The zero-order chi connectivity index (χ0) is 23.7. The number of thiazole rings is 1. The van der Waals surface area contributed by atoms with Crippen molar-refractivity contribution in [3.05, 3.63) is 63.5 Å². The van der Waals surface area contributed by atoms with Gasteiger partial charge in [0.1, 0.15) is 0 Å². The summed E-state index contributed by atoms with van der Waals surface area (Å²) in [7, 11) is 1.36. The molecule has 170 valence electrons. The van der Waals surface area contributed by atoms with Crippen LogP contribution < -0.4 is 15.0 Å². The second kappa shape index (κ2) is 8.90. The maximum Gasteiger partial charge on any atom is 0.306 e. The molecule has 1 aromatic heterocycles. The van der Waals surface area contributed by atoms with Crippen molar-refractivity contribution in [3.8, 4) is 17.0 Å². The minimum absolute atomic E-state index is 0.0185. The molecule has 1 N–H and O–H groups in total. The standard InChI is InChI=1S/C21H16F2N4O5S/c1-32-18-5-2-11(6-15(18)23)16-10-33-21(24-16)25-20(29)12-7-19(28)26(9-12)13-3-4-14(22)17(8-13)27(30)31/h2-6,8,10,12H,7,9H2,1H3,(H,24,25,29). The van der Waals surface area contributed by atoms with Crippen molar-refractivity contribution in [1.82, 2.24) is 4.98 Å². The van der Waals surface area contributed by atoms with E-state index in [0.717, 1.165) is 23.5 Å². The fourth-order valence-electron chi connectivity index (χ4n) is 3.44. The molecule has 0 bridgehead atoms. The first-order valence-electron chi connectivity index (χ1n) is 9.61. The normalized spacial score (nSPS) is 15.5. The van der Waals surface area contributed by atoms with Crippen LogP contribution in [0.4, 0.5) is 25.3 Å². The lowest BCUT2D eigenvalue weighted by molar-refractivity contribution is -0.387. The second-order valence-electron chi connectivity index (χ2n) is 7.17. The molecule has 0 radical (unpaired) electrons. The van der Waals surface area contributed by atoms with Gasteiger partial charge in [-0.1, -0.05) is 0 Å². The number of nitro benzene ring substituents is 1. The monoisotopic (exact) mass is 474 g/mol. The number of rotatable bonds is 6. The Morgan fingerprint density at radius 3 is 2.76 bits per heavy atom. The number of nitrogens with one attached hydrogen (secondary N) is 1. The number of halogens is 2. The molecule has 0 spiro atoms. The van der Waals surface area contributed by atoms with E-state index in [9.17, 15) is 28.5 Å². The van der Waals surface area contributed by atoms with Crippen LogP contribution in [-0.2, 0) is 9.59 Å². The maximum atomic E-state index is 13.9. The van der Waals surface area contributed by atoms with Crippen molar-refractivity contribution < 1.29 is 28.0 Å². The molecule has 1 aliphatic heterocycles. The third kappa shape index (κ3) is 4.51. The zero-order valence-electron chi connectivity index (χ0n) is 17.1. The molecular weight excluding hydrogens is 458 g/mol. The van der Waals surface area contributed by atoms with E-state index in [0.29, 0.717) is 11.3 Å². The van der Waals surface area contributed by atoms with E-state index in [1.165, 1.54) is 30.2 Å². The van der Waals surface area contributed by atoms with Gasteiger partial charge in [0.25, 0.3) is 0 Å². The summed E-state index contributed by atoms with van der Waals surface area (Å²) in [5.74, 6) is -3.05. The van der Waals surface area contributed by atoms with Crippen LogP contribution in [0.25, 0.3) is 11.3 Å². The SMILES string of the molecule is COc1ccc(-c2csc(NC(=O)C3CC(=O)N(c4ccc(F)c([N+](=O)[O-])c4)C3)n2)cc1F. The number of ether oxygens (including phenoxy) is 1. The van der Waals surface area contributed by atoms with E-state index in [1.54, 1.807) is 11.4 Å². The molecule has 1 fully saturated rings. The smallest absolute Gasteiger partial charge is 0.306 e. The second-order valence-corrected chi connectivity index (χ2v) is 8.03. The Hall–Kier alpha value is -3.93. The van der Waals surface area contributed by atoms with E-state index in [-0.39, 0.29) is 29.5 Å². The molecule has 1 atom stereocenters. The predicted molar refractivity (Wildman–Crippen MR) is 116 cm³/mol. The Balaban J connectivity index is 1.45. The summed E-state index contributed by atoms with van der Waals surface area (Å²) < 4.78 is 32.4. The van der Waals surface area contributed by atoms with Crippen molar-refractivity contribution in [2.75, 3.05) is 23.9 Å². The number of aromatic nitrogens is 1. The quantitative estimate of drug-likeness (QED) is 0.427. The van der Waals surface area contributed by atoms with Gasteiger partial charge in [0.2, 0.25) is 17.6 Å². The fraction of sp³-hybridized carbons (Fsp3) is 0.190. The number of methoxy groups -OCH3 is 1. The first kappa shape index (κ1) is 22.3. The van der Waals surface area contributed by atoms with Gasteiger partial charge in [-0.2, -0.15) is 4.39 Å². The summed E-state index contributed by atoms with van der Waals surface area (Å²) in [6, 6.07) is 7.51. The molecule has 1 saturated heterocycles. The van der Waals surface area contributed by atoms with Gasteiger partial charge in [0, 0.05) is 30.0 Å². The van der Waals surface area contributed by atoms with Crippen LogP contribution in [0.1, 0.15) is 6.42 Å². The van der Waals surface area contributed by atoms with Crippen molar-refractivity contribution in [1.29, 1.82) is 0 Å². The van der Waals surface area contributed by atoms with E-state index in [1.807, 2.05) is 0 Å². The fourth-order valence-corrected chi connectivity index (χ4v) is 4.16. The van der Waals surface area contributed by atoms with Crippen LogP contribution in [0.5, 0.6) is 5.75 Å². The number of hydrogen-bond acceptors (Lipinski definition) is 7. The van der Waals surface area contributed by atoms with Crippen LogP contribution in [0.2, 0.25) is 0 Å². The number of anilines is 2.